The number of fused-ring (bicyclic) bond motifs is 1. The molecule has 1 aromatic heterocycles. The van der Waals surface area contributed by atoms with Crippen LogP contribution in [0, 0.1) is 6.92 Å². The van der Waals surface area contributed by atoms with Gasteiger partial charge in [-0.05, 0) is 57.0 Å². The van der Waals surface area contributed by atoms with Crippen LogP contribution in [-0.2, 0) is 20.2 Å². The summed E-state index contributed by atoms with van der Waals surface area (Å²) in [5.41, 5.74) is 6.95. The highest BCUT2D eigenvalue weighted by Crippen LogP contribution is 2.52. The smallest absolute Gasteiger partial charge is 0.264 e. The fourth-order valence-corrected chi connectivity index (χ4v) is 4.96. The number of pyridine rings is 1. The molecule has 0 radical (unpaired) electrons. The van der Waals surface area contributed by atoms with Crippen LogP contribution in [0.25, 0.3) is 10.9 Å². The maximum atomic E-state index is 13.2. The van der Waals surface area contributed by atoms with Gasteiger partial charge in [-0.1, -0.05) is 23.8 Å². The second kappa shape index (κ2) is 7.28. The molecule has 0 bridgehead atoms. The summed E-state index contributed by atoms with van der Waals surface area (Å²) in [4.78, 5) is 17.3. The standard InChI is InChI=1S/C22H23N3O4S/c1-3-29-18-9-7-14(2)13-16(18)22(11-12-22)21(26)25-30(27,28)19-6-4-5-17-15(19)8-10-20(23)24-17/h4-10,13H,3,11-12H2,1-2H3,(H2,23,24)(H,25,26). The molecule has 1 aliphatic carbocycles. The molecule has 1 amide bonds. The van der Waals surface area contributed by atoms with Crippen LogP contribution >= 0.6 is 0 Å². The van der Waals surface area contributed by atoms with E-state index < -0.39 is 21.3 Å². The lowest BCUT2D eigenvalue weighted by molar-refractivity contribution is -0.121. The molecular formula is C22H23N3O4S. The van der Waals surface area contributed by atoms with E-state index in [1.807, 2.05) is 32.0 Å². The Hall–Kier alpha value is -3.13. The quantitative estimate of drug-likeness (QED) is 0.628. The van der Waals surface area contributed by atoms with Crippen LogP contribution in [0.3, 0.4) is 0 Å². The Balaban J connectivity index is 1.70. The Morgan fingerprint density at radius 3 is 2.67 bits per heavy atom. The summed E-state index contributed by atoms with van der Waals surface area (Å²) < 4.78 is 34.2. The van der Waals surface area contributed by atoms with Gasteiger partial charge < -0.3 is 10.5 Å². The Morgan fingerprint density at radius 1 is 1.20 bits per heavy atom. The number of nitrogen functional groups attached to an aromatic ring is 1. The van der Waals surface area contributed by atoms with Gasteiger partial charge in [0.25, 0.3) is 10.0 Å². The van der Waals surface area contributed by atoms with Crippen molar-refractivity contribution in [3.8, 4) is 5.75 Å². The highest BCUT2D eigenvalue weighted by atomic mass is 32.2. The maximum absolute atomic E-state index is 13.2. The number of benzene rings is 2. The van der Waals surface area contributed by atoms with Gasteiger partial charge in [0.15, 0.2) is 0 Å². The molecule has 1 aliphatic rings. The average Bonchev–Trinajstić information content (AvgIpc) is 3.50. The first-order chi connectivity index (χ1) is 14.3. The Kier molecular flexibility index (Phi) is 4.89. The van der Waals surface area contributed by atoms with Crippen molar-refractivity contribution in [3.05, 3.63) is 59.7 Å². The summed E-state index contributed by atoms with van der Waals surface area (Å²) in [6, 6.07) is 13.5. The maximum Gasteiger partial charge on any atom is 0.264 e. The summed E-state index contributed by atoms with van der Waals surface area (Å²) in [5.74, 6) is 0.355. The molecule has 0 spiro atoms. The predicted molar refractivity (Wildman–Crippen MR) is 115 cm³/mol. The highest BCUT2D eigenvalue weighted by molar-refractivity contribution is 7.90. The highest BCUT2D eigenvalue weighted by Gasteiger charge is 2.54. The lowest BCUT2D eigenvalue weighted by Gasteiger charge is -2.20. The molecule has 3 aromatic rings. The van der Waals surface area contributed by atoms with E-state index in [1.54, 1.807) is 18.2 Å². The molecule has 3 N–H and O–H groups in total. The number of nitrogens with zero attached hydrogens (tertiary/aromatic N) is 1. The molecule has 1 saturated carbocycles. The number of carbonyl (C=O) groups is 1. The molecule has 2 aromatic carbocycles. The van der Waals surface area contributed by atoms with Gasteiger partial charge in [0.1, 0.15) is 11.6 Å². The number of nitrogens with two attached hydrogens (primary N) is 1. The largest absolute Gasteiger partial charge is 0.494 e. The summed E-state index contributed by atoms with van der Waals surface area (Å²) in [5, 5.41) is 0.405. The van der Waals surface area contributed by atoms with Gasteiger partial charge in [-0.3, -0.25) is 4.79 Å². The average molecular weight is 426 g/mol. The van der Waals surface area contributed by atoms with Crippen LogP contribution in [0.4, 0.5) is 5.82 Å². The molecule has 7 nitrogen and oxygen atoms in total. The molecule has 0 aliphatic heterocycles. The van der Waals surface area contributed by atoms with Crippen LogP contribution in [0.5, 0.6) is 5.75 Å². The van der Waals surface area contributed by atoms with E-state index >= 15 is 0 Å². The number of aryl methyl sites for hydroxylation is 1. The van der Waals surface area contributed by atoms with E-state index in [0.717, 1.165) is 11.1 Å². The van der Waals surface area contributed by atoms with Gasteiger partial charge in [-0.15, -0.1) is 0 Å². The van der Waals surface area contributed by atoms with Gasteiger partial charge in [0.05, 0.1) is 22.4 Å². The number of nitrogens with one attached hydrogen (secondary N) is 1. The lowest BCUT2D eigenvalue weighted by atomic mass is 9.93. The van der Waals surface area contributed by atoms with Crippen molar-refractivity contribution in [1.29, 1.82) is 0 Å². The van der Waals surface area contributed by atoms with Crippen molar-refractivity contribution in [3.63, 3.8) is 0 Å². The molecule has 8 heteroatoms. The molecule has 0 unspecified atom stereocenters. The third-order valence-electron chi connectivity index (χ3n) is 5.37. The van der Waals surface area contributed by atoms with E-state index in [2.05, 4.69) is 9.71 Å². The minimum atomic E-state index is -4.11. The second-order valence-electron chi connectivity index (χ2n) is 7.51. The van der Waals surface area contributed by atoms with Crippen molar-refractivity contribution < 1.29 is 17.9 Å². The van der Waals surface area contributed by atoms with Crippen molar-refractivity contribution in [1.82, 2.24) is 9.71 Å². The van der Waals surface area contributed by atoms with E-state index in [1.165, 1.54) is 12.1 Å². The van der Waals surface area contributed by atoms with Crippen LogP contribution < -0.4 is 15.2 Å². The summed E-state index contributed by atoms with van der Waals surface area (Å²) in [7, 11) is -4.11. The molecule has 4 rings (SSSR count). The van der Waals surface area contributed by atoms with Crippen molar-refractivity contribution >= 4 is 32.7 Å². The lowest BCUT2D eigenvalue weighted by Crippen LogP contribution is -2.39. The zero-order valence-electron chi connectivity index (χ0n) is 16.8. The van der Waals surface area contributed by atoms with Crippen LogP contribution in [0.1, 0.15) is 30.9 Å². The minimum absolute atomic E-state index is 0.00840. The summed E-state index contributed by atoms with van der Waals surface area (Å²) in [6.45, 7) is 4.26. The molecule has 1 heterocycles. The third-order valence-corrected chi connectivity index (χ3v) is 6.75. The van der Waals surface area contributed by atoms with Gasteiger partial charge in [-0.25, -0.2) is 18.1 Å². The summed E-state index contributed by atoms with van der Waals surface area (Å²) >= 11 is 0. The van der Waals surface area contributed by atoms with Gasteiger partial charge >= 0.3 is 0 Å². The number of hydrogen-bond donors (Lipinski definition) is 2. The number of hydrogen-bond acceptors (Lipinski definition) is 6. The SMILES string of the molecule is CCOc1ccc(C)cc1C1(C(=O)NS(=O)(=O)c2cccc3nc(N)ccc23)CC1. The topological polar surface area (TPSA) is 111 Å². The van der Waals surface area contributed by atoms with E-state index in [-0.39, 0.29) is 4.90 Å². The van der Waals surface area contributed by atoms with Gasteiger partial charge in [0, 0.05) is 10.9 Å². The second-order valence-corrected chi connectivity index (χ2v) is 9.16. The molecule has 156 valence electrons. The van der Waals surface area contributed by atoms with Gasteiger partial charge in [0.2, 0.25) is 5.91 Å². The number of amides is 1. The molecule has 0 saturated heterocycles. The Morgan fingerprint density at radius 2 is 1.97 bits per heavy atom. The molecular weight excluding hydrogens is 402 g/mol. The number of sulfonamides is 1. The van der Waals surface area contributed by atoms with Crippen LogP contribution in [0.15, 0.2) is 53.4 Å². The van der Waals surface area contributed by atoms with E-state index in [4.69, 9.17) is 10.5 Å². The monoisotopic (exact) mass is 425 g/mol. The minimum Gasteiger partial charge on any atom is -0.494 e. The van der Waals surface area contributed by atoms with E-state index in [0.29, 0.717) is 41.9 Å². The first-order valence-electron chi connectivity index (χ1n) is 9.73. The Bertz CT molecular complexity index is 1250. The first kappa shape index (κ1) is 20.2. The number of anilines is 1. The zero-order chi connectivity index (χ0) is 21.5. The molecule has 1 fully saturated rings. The Labute approximate surface area is 175 Å². The zero-order valence-corrected chi connectivity index (χ0v) is 17.6. The van der Waals surface area contributed by atoms with Crippen molar-refractivity contribution in [2.75, 3.05) is 12.3 Å². The van der Waals surface area contributed by atoms with E-state index in [9.17, 15) is 13.2 Å². The van der Waals surface area contributed by atoms with Gasteiger partial charge in [-0.2, -0.15) is 0 Å². The number of aromatic nitrogens is 1. The third kappa shape index (κ3) is 3.47. The molecule has 0 atom stereocenters. The van der Waals surface area contributed by atoms with Crippen LogP contribution in [-0.4, -0.2) is 25.9 Å². The fourth-order valence-electron chi connectivity index (χ4n) is 3.69. The normalized spacial score (nSPS) is 15.0. The summed E-state index contributed by atoms with van der Waals surface area (Å²) in [6.07, 6.45) is 1.12. The number of rotatable bonds is 6. The predicted octanol–water partition coefficient (Wildman–Crippen LogP) is 3.06. The number of carbonyl (C=O) groups excluding carboxylic acids is 1. The first-order valence-corrected chi connectivity index (χ1v) is 11.2. The molecule has 30 heavy (non-hydrogen) atoms. The van der Waals surface area contributed by atoms with Crippen molar-refractivity contribution in [2.45, 2.75) is 37.0 Å². The fraction of sp³-hybridized carbons (Fsp3) is 0.273. The number of ether oxygens (including phenoxy) is 1. The van der Waals surface area contributed by atoms with Crippen LogP contribution in [0.2, 0.25) is 0 Å². The van der Waals surface area contributed by atoms with Crippen molar-refractivity contribution in [2.24, 2.45) is 0 Å².